The number of carbonyl (C=O) groups is 1. The number of hydrogen-bond acceptors (Lipinski definition) is 2. The minimum atomic E-state index is -0.125. The highest BCUT2D eigenvalue weighted by Gasteiger charge is 2.11. The van der Waals surface area contributed by atoms with E-state index in [-0.39, 0.29) is 12.5 Å². The Hall–Kier alpha value is -0.920. The molecule has 2 rings (SSSR count). The summed E-state index contributed by atoms with van der Waals surface area (Å²) in [4.78, 5) is 12.3. The third kappa shape index (κ3) is 4.79. The van der Waals surface area contributed by atoms with Crippen LogP contribution in [0.15, 0.2) is 46.9 Å². The van der Waals surface area contributed by atoms with Gasteiger partial charge in [0.2, 0.25) is 0 Å². The molecule has 0 bridgehead atoms. The van der Waals surface area contributed by atoms with E-state index in [0.717, 1.165) is 32.1 Å². The van der Waals surface area contributed by atoms with Crippen LogP contribution in [0.25, 0.3) is 0 Å². The highest BCUT2D eigenvalue weighted by molar-refractivity contribution is 14.1. The third-order valence-corrected chi connectivity index (χ3v) is 4.42. The van der Waals surface area contributed by atoms with E-state index < -0.39 is 0 Å². The lowest BCUT2D eigenvalue weighted by molar-refractivity contribution is 0.102. The molecule has 2 aromatic carbocycles. The van der Waals surface area contributed by atoms with Crippen LogP contribution in [0.2, 0.25) is 0 Å². The van der Waals surface area contributed by atoms with Gasteiger partial charge in [0.15, 0.2) is 0 Å². The molecule has 0 aliphatic carbocycles. The van der Waals surface area contributed by atoms with Gasteiger partial charge in [0, 0.05) is 20.3 Å². The lowest BCUT2D eigenvalue weighted by atomic mass is 10.1. The van der Waals surface area contributed by atoms with Crippen LogP contribution in [0.4, 0.5) is 5.69 Å². The number of carbonyl (C=O) groups excluding carboxylic acids is 1. The fourth-order valence-electron chi connectivity index (χ4n) is 1.96. The minimum absolute atomic E-state index is 0.125. The third-order valence-electron chi connectivity index (χ3n) is 2.98. The molecule has 0 unspecified atom stereocenters. The number of rotatable bonds is 5. The van der Waals surface area contributed by atoms with Gasteiger partial charge in [0.05, 0.1) is 5.56 Å². The maximum Gasteiger partial charge on any atom is 0.256 e. The van der Waals surface area contributed by atoms with Crippen LogP contribution in [0.3, 0.4) is 0 Å². The van der Waals surface area contributed by atoms with Gasteiger partial charge in [-0.25, -0.2) is 0 Å². The zero-order valence-corrected chi connectivity index (χ0v) is 15.0. The Morgan fingerprint density at radius 2 is 2.05 bits per heavy atom. The quantitative estimate of drug-likeness (QED) is 0.657. The summed E-state index contributed by atoms with van der Waals surface area (Å²) in [6, 6.07) is 13.3. The number of anilines is 1. The van der Waals surface area contributed by atoms with E-state index in [9.17, 15) is 4.79 Å². The minimum Gasteiger partial charge on any atom is -0.396 e. The highest BCUT2D eigenvalue weighted by Crippen LogP contribution is 2.20. The predicted molar refractivity (Wildman–Crippen MR) is 96.7 cm³/mol. The van der Waals surface area contributed by atoms with Gasteiger partial charge in [0.1, 0.15) is 0 Å². The van der Waals surface area contributed by atoms with Crippen molar-refractivity contribution in [3.63, 3.8) is 0 Å². The summed E-state index contributed by atoms with van der Waals surface area (Å²) < 4.78 is 1.79. The molecule has 5 heteroatoms. The molecule has 1 amide bonds. The summed E-state index contributed by atoms with van der Waals surface area (Å²) in [6.45, 7) is 0.173. The molecule has 0 radical (unpaired) electrons. The van der Waals surface area contributed by atoms with Gasteiger partial charge < -0.3 is 10.4 Å². The standard InChI is InChI=1S/C16H15BrINO2/c17-12-6-7-15(18)14(10-12)16(21)19-13-5-1-3-11(9-13)4-2-8-20/h1,3,5-7,9-10,20H,2,4,8H2,(H,19,21). The largest absolute Gasteiger partial charge is 0.396 e. The van der Waals surface area contributed by atoms with Crippen LogP contribution >= 0.6 is 38.5 Å². The van der Waals surface area contributed by atoms with Gasteiger partial charge in [-0.15, -0.1) is 0 Å². The number of aliphatic hydroxyl groups is 1. The van der Waals surface area contributed by atoms with Gasteiger partial charge in [-0.2, -0.15) is 0 Å². The lowest BCUT2D eigenvalue weighted by Gasteiger charge is -2.09. The second-order valence-electron chi connectivity index (χ2n) is 4.61. The molecule has 0 fully saturated rings. The molecule has 0 atom stereocenters. The van der Waals surface area contributed by atoms with Crippen molar-refractivity contribution >= 4 is 50.1 Å². The summed E-state index contributed by atoms with van der Waals surface area (Å²) in [6.07, 6.45) is 1.52. The number of nitrogens with one attached hydrogen (secondary N) is 1. The van der Waals surface area contributed by atoms with Crippen molar-refractivity contribution in [2.75, 3.05) is 11.9 Å². The number of amides is 1. The first-order valence-electron chi connectivity index (χ1n) is 6.56. The van der Waals surface area contributed by atoms with Crippen molar-refractivity contribution in [2.24, 2.45) is 0 Å². The van der Waals surface area contributed by atoms with Crippen molar-refractivity contribution in [1.82, 2.24) is 0 Å². The summed E-state index contributed by atoms with van der Waals surface area (Å²) in [5.74, 6) is -0.125. The molecule has 0 heterocycles. The fourth-order valence-corrected chi connectivity index (χ4v) is 2.90. The van der Waals surface area contributed by atoms with Crippen LogP contribution in [0, 0.1) is 3.57 Å². The van der Waals surface area contributed by atoms with E-state index in [1.54, 1.807) is 0 Å². The van der Waals surface area contributed by atoms with Crippen molar-refractivity contribution < 1.29 is 9.90 Å². The Kier molecular flexibility index (Phi) is 6.20. The molecule has 110 valence electrons. The summed E-state index contributed by atoms with van der Waals surface area (Å²) >= 11 is 5.53. The van der Waals surface area contributed by atoms with Gasteiger partial charge in [-0.3, -0.25) is 4.79 Å². The number of halogens is 2. The average Bonchev–Trinajstić information content (AvgIpc) is 2.48. The van der Waals surface area contributed by atoms with Gasteiger partial charge in [-0.1, -0.05) is 28.1 Å². The smallest absolute Gasteiger partial charge is 0.256 e. The van der Waals surface area contributed by atoms with Crippen molar-refractivity contribution in [3.05, 3.63) is 61.6 Å². The van der Waals surface area contributed by atoms with Gasteiger partial charge >= 0.3 is 0 Å². The monoisotopic (exact) mass is 459 g/mol. The van der Waals surface area contributed by atoms with E-state index >= 15 is 0 Å². The SMILES string of the molecule is O=C(Nc1cccc(CCCO)c1)c1cc(Br)ccc1I. The molecular formula is C16H15BrINO2. The maximum absolute atomic E-state index is 12.3. The summed E-state index contributed by atoms with van der Waals surface area (Å²) in [7, 11) is 0. The molecule has 2 N–H and O–H groups in total. The normalized spacial score (nSPS) is 10.4. The molecule has 0 aliphatic heterocycles. The molecular weight excluding hydrogens is 445 g/mol. The Bertz CT molecular complexity index is 646. The van der Waals surface area contributed by atoms with E-state index in [4.69, 9.17) is 5.11 Å². The number of aliphatic hydroxyl groups excluding tert-OH is 1. The second-order valence-corrected chi connectivity index (χ2v) is 6.68. The van der Waals surface area contributed by atoms with E-state index in [1.165, 1.54) is 0 Å². The molecule has 0 aliphatic rings. The average molecular weight is 460 g/mol. The van der Waals surface area contributed by atoms with Gasteiger partial charge in [-0.05, 0) is 71.3 Å². The van der Waals surface area contributed by atoms with Crippen LogP contribution in [-0.4, -0.2) is 17.6 Å². The fraction of sp³-hybridized carbons (Fsp3) is 0.188. The van der Waals surface area contributed by atoms with E-state index in [2.05, 4.69) is 43.8 Å². The Balaban J connectivity index is 2.14. The predicted octanol–water partition coefficient (Wildman–Crippen LogP) is 4.23. The second kappa shape index (κ2) is 7.91. The van der Waals surface area contributed by atoms with Crippen LogP contribution < -0.4 is 5.32 Å². The first-order valence-corrected chi connectivity index (χ1v) is 8.43. The van der Waals surface area contributed by atoms with E-state index in [0.29, 0.717) is 5.56 Å². The molecule has 0 saturated carbocycles. The Morgan fingerprint density at radius 1 is 1.24 bits per heavy atom. The lowest BCUT2D eigenvalue weighted by Crippen LogP contribution is -2.13. The van der Waals surface area contributed by atoms with Crippen molar-refractivity contribution in [3.8, 4) is 0 Å². The number of hydrogen-bond donors (Lipinski definition) is 2. The zero-order chi connectivity index (χ0) is 15.2. The molecule has 3 nitrogen and oxygen atoms in total. The molecule has 2 aromatic rings. The first-order chi connectivity index (χ1) is 10.1. The molecule has 0 saturated heterocycles. The molecule has 0 spiro atoms. The zero-order valence-electron chi connectivity index (χ0n) is 11.3. The van der Waals surface area contributed by atoms with Gasteiger partial charge in [0.25, 0.3) is 5.91 Å². The highest BCUT2D eigenvalue weighted by atomic mass is 127. The maximum atomic E-state index is 12.3. The first kappa shape index (κ1) is 16.5. The van der Waals surface area contributed by atoms with Crippen molar-refractivity contribution in [1.29, 1.82) is 0 Å². The van der Waals surface area contributed by atoms with Crippen LogP contribution in [0.1, 0.15) is 22.3 Å². The number of aryl methyl sites for hydroxylation is 1. The Morgan fingerprint density at radius 3 is 2.81 bits per heavy atom. The topological polar surface area (TPSA) is 49.3 Å². The van der Waals surface area contributed by atoms with E-state index in [1.807, 2.05) is 42.5 Å². The summed E-state index contributed by atoms with van der Waals surface area (Å²) in [5.41, 5.74) is 2.52. The van der Waals surface area contributed by atoms with Crippen molar-refractivity contribution in [2.45, 2.75) is 12.8 Å². The number of benzene rings is 2. The summed E-state index contributed by atoms with van der Waals surface area (Å²) in [5, 5.41) is 11.8. The van der Waals surface area contributed by atoms with Crippen LogP contribution in [-0.2, 0) is 6.42 Å². The molecule has 0 aromatic heterocycles. The Labute approximate surface area is 146 Å². The van der Waals surface area contributed by atoms with Crippen LogP contribution in [0.5, 0.6) is 0 Å². The molecule has 21 heavy (non-hydrogen) atoms.